The number of methoxy groups -OCH3 is 1. The molecule has 0 aromatic heterocycles. The van der Waals surface area contributed by atoms with E-state index < -0.39 is 5.97 Å². The molecule has 0 bridgehead atoms. The first-order valence-corrected chi connectivity index (χ1v) is 10.8. The van der Waals surface area contributed by atoms with Gasteiger partial charge in [-0.1, -0.05) is 55.8 Å². The van der Waals surface area contributed by atoms with Crippen molar-refractivity contribution in [3.8, 4) is 23.3 Å². The lowest BCUT2D eigenvalue weighted by atomic mass is 10.0. The third kappa shape index (κ3) is 6.61. The molecule has 3 aromatic carbocycles. The van der Waals surface area contributed by atoms with Gasteiger partial charge in [-0.2, -0.15) is 5.26 Å². The number of carbonyl (C=O) groups excluding carboxylic acids is 1. The second-order valence-electron chi connectivity index (χ2n) is 7.57. The molecule has 0 unspecified atom stereocenters. The maximum atomic E-state index is 12.3. The van der Waals surface area contributed by atoms with E-state index in [0.717, 1.165) is 11.1 Å². The number of carbonyl (C=O) groups is 1. The third-order valence-corrected chi connectivity index (χ3v) is 5.15. The van der Waals surface area contributed by atoms with Crippen LogP contribution < -0.4 is 14.2 Å². The Hall–Kier alpha value is -3.75. The average molecular weight is 462 g/mol. The predicted octanol–water partition coefficient (Wildman–Crippen LogP) is 6.52. The lowest BCUT2D eigenvalue weighted by Gasteiger charge is -2.11. The van der Waals surface area contributed by atoms with E-state index in [1.165, 1.54) is 12.7 Å². The standard InChI is InChI=1S/C27H24ClNO4/c1-18(2)20-7-11-24(12-8-20)32-17-27(30)33-25-13-4-19(15-26(25)31-3)14-22(16-29)21-5-9-23(28)10-6-21/h4-15,18H,17H2,1-3H3. The van der Waals surface area contributed by atoms with Crippen molar-refractivity contribution in [2.75, 3.05) is 13.7 Å². The minimum Gasteiger partial charge on any atom is -0.493 e. The second kappa shape index (κ2) is 11.2. The van der Waals surface area contributed by atoms with Crippen LogP contribution >= 0.6 is 11.6 Å². The van der Waals surface area contributed by atoms with E-state index in [1.807, 2.05) is 24.3 Å². The molecule has 0 heterocycles. The molecule has 0 atom stereocenters. The molecule has 0 amide bonds. The number of rotatable bonds is 8. The van der Waals surface area contributed by atoms with Crippen LogP contribution in [0.2, 0.25) is 5.02 Å². The molecule has 33 heavy (non-hydrogen) atoms. The van der Waals surface area contributed by atoms with Crippen LogP contribution in [-0.4, -0.2) is 19.7 Å². The summed E-state index contributed by atoms with van der Waals surface area (Å²) in [7, 11) is 1.48. The zero-order valence-electron chi connectivity index (χ0n) is 18.7. The first-order chi connectivity index (χ1) is 15.9. The van der Waals surface area contributed by atoms with Gasteiger partial charge in [0.25, 0.3) is 0 Å². The summed E-state index contributed by atoms with van der Waals surface area (Å²) in [5, 5.41) is 10.1. The van der Waals surface area contributed by atoms with Crippen molar-refractivity contribution in [3.63, 3.8) is 0 Å². The molecule has 3 rings (SSSR count). The molecule has 5 nitrogen and oxygen atoms in total. The van der Waals surface area contributed by atoms with E-state index in [2.05, 4.69) is 19.9 Å². The molecule has 0 spiro atoms. The molecule has 168 valence electrons. The Labute approximate surface area is 198 Å². The summed E-state index contributed by atoms with van der Waals surface area (Å²) < 4.78 is 16.3. The van der Waals surface area contributed by atoms with Gasteiger partial charge in [-0.05, 0) is 65.1 Å². The van der Waals surface area contributed by atoms with Crippen molar-refractivity contribution in [1.82, 2.24) is 0 Å². The minimum absolute atomic E-state index is 0.235. The summed E-state index contributed by atoms with van der Waals surface area (Å²) in [5.41, 5.74) is 3.13. The van der Waals surface area contributed by atoms with E-state index in [9.17, 15) is 10.1 Å². The number of halogens is 1. The van der Waals surface area contributed by atoms with Gasteiger partial charge >= 0.3 is 5.97 Å². The number of nitriles is 1. The number of ether oxygens (including phenoxy) is 3. The Bertz CT molecular complexity index is 1180. The lowest BCUT2D eigenvalue weighted by molar-refractivity contribution is -0.136. The molecule has 3 aromatic rings. The molecule has 0 aliphatic carbocycles. The van der Waals surface area contributed by atoms with E-state index in [4.69, 9.17) is 25.8 Å². The van der Waals surface area contributed by atoms with E-state index >= 15 is 0 Å². The molecule has 0 saturated heterocycles. The fourth-order valence-electron chi connectivity index (χ4n) is 3.08. The van der Waals surface area contributed by atoms with Gasteiger partial charge in [0.1, 0.15) is 5.75 Å². The summed E-state index contributed by atoms with van der Waals surface area (Å²) in [6.07, 6.45) is 1.72. The maximum Gasteiger partial charge on any atom is 0.349 e. The number of hydrogen-bond acceptors (Lipinski definition) is 5. The molecular weight excluding hydrogens is 438 g/mol. The molecule has 6 heteroatoms. The highest BCUT2D eigenvalue weighted by molar-refractivity contribution is 6.30. The van der Waals surface area contributed by atoms with Crippen LogP contribution in [0.5, 0.6) is 17.2 Å². The highest BCUT2D eigenvalue weighted by Gasteiger charge is 2.12. The fourth-order valence-corrected chi connectivity index (χ4v) is 3.20. The van der Waals surface area contributed by atoms with Crippen LogP contribution in [0.1, 0.15) is 36.5 Å². The molecule has 0 saturated carbocycles. The Morgan fingerprint density at radius 1 is 1.03 bits per heavy atom. The lowest BCUT2D eigenvalue weighted by Crippen LogP contribution is -2.18. The SMILES string of the molecule is COc1cc(C=C(C#N)c2ccc(Cl)cc2)ccc1OC(=O)COc1ccc(C(C)C)cc1. The Kier molecular flexibility index (Phi) is 8.12. The van der Waals surface area contributed by atoms with Gasteiger partial charge in [-0.15, -0.1) is 0 Å². The summed E-state index contributed by atoms with van der Waals surface area (Å²) >= 11 is 5.92. The smallest absolute Gasteiger partial charge is 0.349 e. The van der Waals surface area contributed by atoms with Crippen molar-refractivity contribution in [3.05, 3.63) is 88.4 Å². The highest BCUT2D eigenvalue weighted by Crippen LogP contribution is 2.30. The molecule has 0 aliphatic heterocycles. The predicted molar refractivity (Wildman–Crippen MR) is 130 cm³/mol. The minimum atomic E-state index is -0.552. The third-order valence-electron chi connectivity index (χ3n) is 4.90. The van der Waals surface area contributed by atoms with Gasteiger partial charge in [0.15, 0.2) is 18.1 Å². The first-order valence-electron chi connectivity index (χ1n) is 10.4. The molecule has 0 fully saturated rings. The van der Waals surface area contributed by atoms with Crippen LogP contribution in [0.4, 0.5) is 0 Å². The van der Waals surface area contributed by atoms with Crippen molar-refractivity contribution >= 4 is 29.2 Å². The van der Waals surface area contributed by atoms with Crippen LogP contribution in [0.3, 0.4) is 0 Å². The Balaban J connectivity index is 1.68. The van der Waals surface area contributed by atoms with Crippen LogP contribution in [0, 0.1) is 11.3 Å². The van der Waals surface area contributed by atoms with Gasteiger partial charge < -0.3 is 14.2 Å². The van der Waals surface area contributed by atoms with Crippen molar-refractivity contribution < 1.29 is 19.0 Å². The van der Waals surface area contributed by atoms with Crippen molar-refractivity contribution in [2.24, 2.45) is 0 Å². The maximum absolute atomic E-state index is 12.3. The fraction of sp³-hybridized carbons (Fsp3) is 0.185. The van der Waals surface area contributed by atoms with Gasteiger partial charge in [0, 0.05) is 5.02 Å². The van der Waals surface area contributed by atoms with Crippen molar-refractivity contribution in [2.45, 2.75) is 19.8 Å². The number of hydrogen-bond donors (Lipinski definition) is 0. The summed E-state index contributed by atoms with van der Waals surface area (Å²) in [5.74, 6) is 1.10. The van der Waals surface area contributed by atoms with E-state index in [0.29, 0.717) is 28.0 Å². The molecule has 0 radical (unpaired) electrons. The molecule has 0 N–H and O–H groups in total. The van der Waals surface area contributed by atoms with Gasteiger partial charge in [-0.3, -0.25) is 0 Å². The summed E-state index contributed by atoms with van der Waals surface area (Å²) in [6, 6.07) is 21.9. The van der Waals surface area contributed by atoms with Gasteiger partial charge in [0.2, 0.25) is 0 Å². The average Bonchev–Trinajstić information content (AvgIpc) is 2.83. The largest absolute Gasteiger partial charge is 0.493 e. The normalized spacial score (nSPS) is 11.1. The second-order valence-corrected chi connectivity index (χ2v) is 8.01. The van der Waals surface area contributed by atoms with Crippen molar-refractivity contribution in [1.29, 1.82) is 5.26 Å². The topological polar surface area (TPSA) is 68.5 Å². The van der Waals surface area contributed by atoms with E-state index in [-0.39, 0.29) is 12.4 Å². The number of esters is 1. The zero-order chi connectivity index (χ0) is 23.8. The zero-order valence-corrected chi connectivity index (χ0v) is 19.4. The summed E-state index contributed by atoms with van der Waals surface area (Å²) in [4.78, 5) is 12.3. The van der Waals surface area contributed by atoms with Gasteiger partial charge in [-0.25, -0.2) is 4.79 Å². The summed E-state index contributed by atoms with van der Waals surface area (Å²) in [6.45, 7) is 3.99. The highest BCUT2D eigenvalue weighted by atomic mass is 35.5. The van der Waals surface area contributed by atoms with Gasteiger partial charge in [0.05, 0.1) is 18.8 Å². The molecule has 0 aliphatic rings. The quantitative estimate of drug-likeness (QED) is 0.165. The number of allylic oxidation sites excluding steroid dienone is 1. The van der Waals surface area contributed by atoms with Crippen LogP contribution in [0.15, 0.2) is 66.7 Å². The van der Waals surface area contributed by atoms with Crippen LogP contribution in [0.25, 0.3) is 11.6 Å². The Morgan fingerprint density at radius 3 is 2.33 bits per heavy atom. The number of nitrogens with zero attached hydrogens (tertiary/aromatic N) is 1. The monoisotopic (exact) mass is 461 g/mol. The Morgan fingerprint density at radius 2 is 1.73 bits per heavy atom. The first kappa shape index (κ1) is 23.9. The van der Waals surface area contributed by atoms with Crippen LogP contribution in [-0.2, 0) is 4.79 Å². The van der Waals surface area contributed by atoms with E-state index in [1.54, 1.807) is 48.5 Å². The molecular formula is C27H24ClNO4. The number of benzene rings is 3.